The zero-order valence-corrected chi connectivity index (χ0v) is 15.5. The Morgan fingerprint density at radius 2 is 2.08 bits per heavy atom. The van der Waals surface area contributed by atoms with Crippen LogP contribution in [0, 0.1) is 0 Å². The summed E-state index contributed by atoms with van der Waals surface area (Å²) >= 11 is 0. The second kappa shape index (κ2) is 9.02. The van der Waals surface area contributed by atoms with Crippen molar-refractivity contribution in [3.05, 3.63) is 48.6 Å². The van der Waals surface area contributed by atoms with Gasteiger partial charge in [0.05, 0.1) is 19.3 Å². The molecule has 1 aromatic carbocycles. The van der Waals surface area contributed by atoms with Crippen LogP contribution in [0.2, 0.25) is 0 Å². The maximum absolute atomic E-state index is 12.3. The number of rotatable bonds is 6. The molecule has 1 aromatic rings. The van der Waals surface area contributed by atoms with Crippen LogP contribution in [0.1, 0.15) is 32.8 Å². The fraction of sp³-hybridized carbons (Fsp3) is 0.550. The van der Waals surface area contributed by atoms with Crippen LogP contribution in [-0.2, 0) is 16.0 Å². The summed E-state index contributed by atoms with van der Waals surface area (Å²) in [5.41, 5.74) is 0.747. The van der Waals surface area contributed by atoms with Gasteiger partial charge in [-0.3, -0.25) is 0 Å². The van der Waals surface area contributed by atoms with Crippen molar-refractivity contribution in [1.29, 1.82) is 0 Å². The maximum atomic E-state index is 12.3. The molecule has 1 fully saturated rings. The quantitative estimate of drug-likeness (QED) is 0.803. The Morgan fingerprint density at radius 1 is 1.36 bits per heavy atom. The van der Waals surface area contributed by atoms with Crippen molar-refractivity contribution in [3.63, 3.8) is 0 Å². The molecule has 2 rings (SSSR count). The van der Waals surface area contributed by atoms with E-state index < -0.39 is 5.60 Å². The van der Waals surface area contributed by atoms with Crippen LogP contribution in [0.25, 0.3) is 0 Å². The molecule has 0 bridgehead atoms. The molecule has 1 aliphatic rings. The summed E-state index contributed by atoms with van der Waals surface area (Å²) in [6.07, 6.45) is 2.21. The Morgan fingerprint density at radius 3 is 2.72 bits per heavy atom. The number of nitrogens with zero attached hydrogens (tertiary/aromatic N) is 1. The Bertz CT molecular complexity index is 554. The van der Waals surface area contributed by atoms with Crippen molar-refractivity contribution >= 4 is 6.09 Å². The Labute approximate surface area is 151 Å². The molecule has 5 heteroatoms. The molecule has 2 atom stereocenters. The summed E-state index contributed by atoms with van der Waals surface area (Å²) in [5, 5.41) is 3.57. The summed E-state index contributed by atoms with van der Waals surface area (Å²) in [6, 6.07) is 10.5. The number of benzene rings is 1. The third-order valence-electron chi connectivity index (χ3n) is 4.05. The molecule has 0 unspecified atom stereocenters. The molecule has 5 nitrogen and oxygen atoms in total. The van der Waals surface area contributed by atoms with Gasteiger partial charge in [-0.2, -0.15) is 0 Å². The van der Waals surface area contributed by atoms with Gasteiger partial charge in [0.25, 0.3) is 0 Å². The van der Waals surface area contributed by atoms with Crippen molar-refractivity contribution in [1.82, 2.24) is 10.2 Å². The van der Waals surface area contributed by atoms with Gasteiger partial charge in [0, 0.05) is 19.1 Å². The first-order valence-electron chi connectivity index (χ1n) is 8.87. The predicted molar refractivity (Wildman–Crippen MR) is 99.4 cm³/mol. The standard InChI is InChI=1S/C20H30N2O3/c1-5-13-24-18-15-22(19(23)25-20(2,3)4)12-11-17(18)21-14-16-9-7-6-8-10-16/h5-10,17-18,21H,1,11-15H2,2-4H3/t17-,18+/m1/s1. The molecule has 1 heterocycles. The monoisotopic (exact) mass is 346 g/mol. The Balaban J connectivity index is 1.94. The van der Waals surface area contributed by atoms with Gasteiger partial charge >= 0.3 is 6.09 Å². The molecule has 0 aliphatic carbocycles. The van der Waals surface area contributed by atoms with Crippen molar-refractivity contribution < 1.29 is 14.3 Å². The molecule has 1 N–H and O–H groups in total. The lowest BCUT2D eigenvalue weighted by molar-refractivity contribution is -0.0272. The summed E-state index contributed by atoms with van der Waals surface area (Å²) in [6.45, 7) is 11.8. The fourth-order valence-electron chi connectivity index (χ4n) is 2.85. The number of amides is 1. The van der Waals surface area contributed by atoms with Crippen LogP contribution in [0.15, 0.2) is 43.0 Å². The second-order valence-electron chi connectivity index (χ2n) is 7.35. The highest BCUT2D eigenvalue weighted by molar-refractivity contribution is 5.68. The van der Waals surface area contributed by atoms with Gasteiger partial charge in [-0.05, 0) is 32.8 Å². The highest BCUT2D eigenvalue weighted by Crippen LogP contribution is 2.18. The first-order chi connectivity index (χ1) is 11.9. The van der Waals surface area contributed by atoms with E-state index in [9.17, 15) is 4.79 Å². The first-order valence-corrected chi connectivity index (χ1v) is 8.87. The van der Waals surface area contributed by atoms with Gasteiger partial charge in [-0.15, -0.1) is 6.58 Å². The predicted octanol–water partition coefficient (Wildman–Crippen LogP) is 3.36. The summed E-state index contributed by atoms with van der Waals surface area (Å²) < 4.78 is 11.4. The van der Waals surface area contributed by atoms with Gasteiger partial charge in [-0.25, -0.2) is 4.79 Å². The number of hydrogen-bond donors (Lipinski definition) is 1. The number of nitrogens with one attached hydrogen (secondary N) is 1. The van der Waals surface area contributed by atoms with E-state index in [0.717, 1.165) is 13.0 Å². The molecule has 1 saturated heterocycles. The molecular weight excluding hydrogens is 316 g/mol. The lowest BCUT2D eigenvalue weighted by Crippen LogP contribution is -2.55. The van der Waals surface area contributed by atoms with E-state index in [1.165, 1.54) is 5.56 Å². The van der Waals surface area contributed by atoms with Gasteiger partial charge in [0.1, 0.15) is 5.60 Å². The van der Waals surface area contributed by atoms with Crippen LogP contribution in [-0.4, -0.2) is 48.4 Å². The van der Waals surface area contributed by atoms with Crippen LogP contribution >= 0.6 is 0 Å². The fourth-order valence-corrected chi connectivity index (χ4v) is 2.85. The minimum Gasteiger partial charge on any atom is -0.444 e. The average Bonchev–Trinajstić information content (AvgIpc) is 2.58. The summed E-state index contributed by atoms with van der Waals surface area (Å²) in [5.74, 6) is 0. The summed E-state index contributed by atoms with van der Waals surface area (Å²) in [7, 11) is 0. The van der Waals surface area contributed by atoms with E-state index >= 15 is 0 Å². The molecule has 0 aromatic heterocycles. The van der Waals surface area contributed by atoms with E-state index in [2.05, 4.69) is 24.0 Å². The van der Waals surface area contributed by atoms with Gasteiger partial charge in [0.15, 0.2) is 0 Å². The van der Waals surface area contributed by atoms with Gasteiger partial charge in [0.2, 0.25) is 0 Å². The van der Waals surface area contributed by atoms with Crippen LogP contribution in [0.5, 0.6) is 0 Å². The topological polar surface area (TPSA) is 50.8 Å². The smallest absolute Gasteiger partial charge is 0.410 e. The SMILES string of the molecule is C=CCO[C@H]1CN(C(=O)OC(C)(C)C)CC[C@H]1NCc1ccccc1. The van der Waals surface area contributed by atoms with Crippen LogP contribution < -0.4 is 5.32 Å². The molecule has 138 valence electrons. The van der Waals surface area contributed by atoms with Crippen molar-refractivity contribution in [2.24, 2.45) is 0 Å². The van der Waals surface area contributed by atoms with E-state index in [1.807, 2.05) is 39.0 Å². The number of carbonyl (C=O) groups is 1. The average molecular weight is 346 g/mol. The van der Waals surface area contributed by atoms with Crippen molar-refractivity contribution in [2.75, 3.05) is 19.7 Å². The third-order valence-corrected chi connectivity index (χ3v) is 4.05. The zero-order valence-electron chi connectivity index (χ0n) is 15.5. The number of likely N-dealkylation sites (tertiary alicyclic amines) is 1. The molecule has 0 spiro atoms. The van der Waals surface area contributed by atoms with E-state index in [1.54, 1.807) is 11.0 Å². The number of piperidine rings is 1. The Hall–Kier alpha value is -1.85. The molecule has 1 amide bonds. The van der Waals surface area contributed by atoms with E-state index in [4.69, 9.17) is 9.47 Å². The molecule has 25 heavy (non-hydrogen) atoms. The van der Waals surface area contributed by atoms with Crippen molar-refractivity contribution in [3.8, 4) is 0 Å². The molecule has 1 aliphatic heterocycles. The van der Waals surface area contributed by atoms with Crippen LogP contribution in [0.4, 0.5) is 4.79 Å². The van der Waals surface area contributed by atoms with Gasteiger partial charge in [-0.1, -0.05) is 36.4 Å². The number of ether oxygens (including phenoxy) is 2. The highest BCUT2D eigenvalue weighted by atomic mass is 16.6. The minimum atomic E-state index is -0.489. The van der Waals surface area contributed by atoms with E-state index in [0.29, 0.717) is 19.7 Å². The van der Waals surface area contributed by atoms with E-state index in [-0.39, 0.29) is 18.2 Å². The number of hydrogen-bond acceptors (Lipinski definition) is 4. The Kier molecular flexibility index (Phi) is 7.02. The van der Waals surface area contributed by atoms with Gasteiger partial charge < -0.3 is 19.7 Å². The molecule has 0 saturated carbocycles. The highest BCUT2D eigenvalue weighted by Gasteiger charge is 2.33. The lowest BCUT2D eigenvalue weighted by Gasteiger charge is -2.39. The first kappa shape index (κ1) is 19.5. The summed E-state index contributed by atoms with van der Waals surface area (Å²) in [4.78, 5) is 14.1. The maximum Gasteiger partial charge on any atom is 0.410 e. The minimum absolute atomic E-state index is 0.0806. The molecule has 0 radical (unpaired) electrons. The lowest BCUT2D eigenvalue weighted by atomic mass is 10.0. The number of carbonyl (C=O) groups excluding carboxylic acids is 1. The second-order valence-corrected chi connectivity index (χ2v) is 7.35. The normalized spacial score (nSPS) is 21.0. The van der Waals surface area contributed by atoms with Crippen LogP contribution in [0.3, 0.4) is 0 Å². The van der Waals surface area contributed by atoms with Crippen molar-refractivity contribution in [2.45, 2.75) is 51.5 Å². The molecular formula is C20H30N2O3. The zero-order chi connectivity index (χ0) is 18.3. The largest absolute Gasteiger partial charge is 0.444 e. The third kappa shape index (κ3) is 6.52.